The molecular weight excluding hydrogens is 425 g/mol. The molecule has 0 aromatic heterocycles. The molecular formula is C22H13Cl2N3O3. The molecule has 0 saturated carbocycles. The summed E-state index contributed by atoms with van der Waals surface area (Å²) < 4.78 is 0. The van der Waals surface area contributed by atoms with Crippen LogP contribution in [0.3, 0.4) is 0 Å². The Hall–Kier alpha value is -3.48. The SMILES string of the molecule is O=C(NN=Cc1ccc(Cl)c(Cl)c1)c1ccc(N2C(=O)c3ccccc3C2=O)cc1. The van der Waals surface area contributed by atoms with Crippen LogP contribution in [-0.4, -0.2) is 23.9 Å². The van der Waals surface area contributed by atoms with Crippen LogP contribution >= 0.6 is 23.2 Å². The minimum absolute atomic E-state index is 0.321. The van der Waals surface area contributed by atoms with E-state index in [1.165, 1.54) is 18.3 Å². The minimum atomic E-state index is -0.444. The first-order chi connectivity index (χ1) is 14.5. The Labute approximate surface area is 181 Å². The first-order valence-electron chi connectivity index (χ1n) is 8.82. The molecule has 0 aliphatic carbocycles. The van der Waals surface area contributed by atoms with E-state index in [0.29, 0.717) is 38.0 Å². The number of imide groups is 1. The lowest BCUT2D eigenvalue weighted by molar-refractivity contribution is 0.0923. The highest BCUT2D eigenvalue weighted by Crippen LogP contribution is 2.28. The number of anilines is 1. The molecule has 0 spiro atoms. The van der Waals surface area contributed by atoms with Crippen LogP contribution in [-0.2, 0) is 0 Å². The van der Waals surface area contributed by atoms with E-state index in [0.717, 1.165) is 4.90 Å². The van der Waals surface area contributed by atoms with Gasteiger partial charge in [-0.3, -0.25) is 14.4 Å². The molecule has 1 aliphatic heterocycles. The number of amides is 3. The van der Waals surface area contributed by atoms with Crippen molar-refractivity contribution in [3.05, 3.63) is 99.0 Å². The number of halogens is 2. The summed E-state index contributed by atoms with van der Waals surface area (Å²) in [5, 5.41) is 4.71. The highest BCUT2D eigenvalue weighted by atomic mass is 35.5. The van der Waals surface area contributed by atoms with Gasteiger partial charge in [0.05, 0.1) is 33.1 Å². The van der Waals surface area contributed by atoms with Crippen molar-refractivity contribution in [1.29, 1.82) is 0 Å². The van der Waals surface area contributed by atoms with Crippen molar-refractivity contribution in [2.24, 2.45) is 5.10 Å². The zero-order chi connectivity index (χ0) is 21.3. The van der Waals surface area contributed by atoms with Gasteiger partial charge < -0.3 is 0 Å². The maximum absolute atomic E-state index is 12.5. The van der Waals surface area contributed by atoms with Gasteiger partial charge in [0, 0.05) is 5.56 Å². The number of fused-ring (bicyclic) bond motifs is 1. The van der Waals surface area contributed by atoms with Crippen molar-refractivity contribution in [2.75, 3.05) is 4.90 Å². The number of nitrogens with one attached hydrogen (secondary N) is 1. The molecule has 0 fully saturated rings. The van der Waals surface area contributed by atoms with E-state index in [1.54, 1.807) is 54.6 Å². The Bertz CT molecular complexity index is 1170. The predicted molar refractivity (Wildman–Crippen MR) is 116 cm³/mol. The normalized spacial score (nSPS) is 13.1. The maximum Gasteiger partial charge on any atom is 0.271 e. The largest absolute Gasteiger partial charge is 0.271 e. The number of carbonyl (C=O) groups excluding carboxylic acids is 3. The fourth-order valence-electron chi connectivity index (χ4n) is 3.01. The molecule has 0 saturated heterocycles. The quantitative estimate of drug-likeness (QED) is 0.369. The lowest BCUT2D eigenvalue weighted by Gasteiger charge is -2.14. The lowest BCUT2D eigenvalue weighted by atomic mass is 10.1. The van der Waals surface area contributed by atoms with E-state index >= 15 is 0 Å². The van der Waals surface area contributed by atoms with Gasteiger partial charge in [-0.2, -0.15) is 5.10 Å². The van der Waals surface area contributed by atoms with Gasteiger partial charge in [-0.05, 0) is 54.1 Å². The average molecular weight is 438 g/mol. The van der Waals surface area contributed by atoms with E-state index in [4.69, 9.17) is 23.2 Å². The van der Waals surface area contributed by atoms with Gasteiger partial charge in [-0.25, -0.2) is 10.3 Å². The molecule has 4 rings (SSSR count). The zero-order valence-electron chi connectivity index (χ0n) is 15.3. The molecule has 0 bridgehead atoms. The monoisotopic (exact) mass is 437 g/mol. The van der Waals surface area contributed by atoms with Gasteiger partial charge in [0.1, 0.15) is 0 Å². The third kappa shape index (κ3) is 3.70. The first kappa shape index (κ1) is 19.8. The Kier molecular flexibility index (Phi) is 5.35. The first-order valence-corrected chi connectivity index (χ1v) is 9.57. The molecule has 0 radical (unpaired) electrons. The molecule has 6 nitrogen and oxygen atoms in total. The lowest BCUT2D eigenvalue weighted by Crippen LogP contribution is -2.29. The fraction of sp³-hybridized carbons (Fsp3) is 0. The summed E-state index contributed by atoms with van der Waals surface area (Å²) in [5.74, 6) is -1.22. The highest BCUT2D eigenvalue weighted by molar-refractivity contribution is 6.42. The van der Waals surface area contributed by atoms with Crippen molar-refractivity contribution < 1.29 is 14.4 Å². The van der Waals surface area contributed by atoms with Crippen molar-refractivity contribution in [3.63, 3.8) is 0 Å². The van der Waals surface area contributed by atoms with E-state index in [-0.39, 0.29) is 11.8 Å². The second kappa shape index (κ2) is 8.10. The van der Waals surface area contributed by atoms with Gasteiger partial charge in [0.2, 0.25) is 0 Å². The number of hydrogen-bond donors (Lipinski definition) is 1. The number of rotatable bonds is 4. The molecule has 3 amide bonds. The second-order valence-corrected chi connectivity index (χ2v) is 7.23. The van der Waals surface area contributed by atoms with Gasteiger partial charge >= 0.3 is 0 Å². The Morgan fingerprint density at radius 1 is 0.867 bits per heavy atom. The summed E-state index contributed by atoms with van der Waals surface area (Å²) >= 11 is 11.8. The summed E-state index contributed by atoms with van der Waals surface area (Å²) in [6.45, 7) is 0. The summed E-state index contributed by atoms with van der Waals surface area (Å²) in [6.07, 6.45) is 1.44. The molecule has 0 atom stereocenters. The average Bonchev–Trinajstić information content (AvgIpc) is 3.01. The van der Waals surface area contributed by atoms with Crippen LogP contribution in [0.4, 0.5) is 5.69 Å². The van der Waals surface area contributed by atoms with Crippen LogP contribution in [0.15, 0.2) is 71.8 Å². The van der Waals surface area contributed by atoms with Gasteiger partial charge in [0.15, 0.2) is 0 Å². The number of carbonyl (C=O) groups is 3. The molecule has 1 N–H and O–H groups in total. The number of nitrogens with zero attached hydrogens (tertiary/aromatic N) is 2. The van der Waals surface area contributed by atoms with E-state index < -0.39 is 5.91 Å². The van der Waals surface area contributed by atoms with E-state index in [9.17, 15) is 14.4 Å². The summed E-state index contributed by atoms with van der Waals surface area (Å²) in [5.41, 5.74) is 4.51. The van der Waals surface area contributed by atoms with Gasteiger partial charge in [-0.15, -0.1) is 0 Å². The van der Waals surface area contributed by atoms with Crippen molar-refractivity contribution in [2.45, 2.75) is 0 Å². The van der Waals surface area contributed by atoms with Crippen LogP contribution in [0, 0.1) is 0 Å². The van der Waals surface area contributed by atoms with Crippen LogP contribution in [0.1, 0.15) is 36.6 Å². The molecule has 30 heavy (non-hydrogen) atoms. The molecule has 0 unspecified atom stereocenters. The number of benzene rings is 3. The fourth-order valence-corrected chi connectivity index (χ4v) is 3.31. The Morgan fingerprint density at radius 3 is 2.10 bits per heavy atom. The molecule has 1 aliphatic rings. The van der Waals surface area contributed by atoms with Gasteiger partial charge in [0.25, 0.3) is 17.7 Å². The topological polar surface area (TPSA) is 78.8 Å². The molecule has 3 aromatic carbocycles. The summed E-state index contributed by atoms with van der Waals surface area (Å²) in [6, 6.07) is 17.7. The Morgan fingerprint density at radius 2 is 1.50 bits per heavy atom. The summed E-state index contributed by atoms with van der Waals surface area (Å²) in [7, 11) is 0. The van der Waals surface area contributed by atoms with Crippen molar-refractivity contribution >= 4 is 52.8 Å². The zero-order valence-corrected chi connectivity index (χ0v) is 16.8. The third-order valence-electron chi connectivity index (χ3n) is 4.51. The second-order valence-electron chi connectivity index (χ2n) is 6.41. The Balaban J connectivity index is 1.45. The smallest absolute Gasteiger partial charge is 0.268 e. The number of hydrogen-bond acceptors (Lipinski definition) is 4. The van der Waals surface area contributed by atoms with Crippen LogP contribution in [0.5, 0.6) is 0 Å². The van der Waals surface area contributed by atoms with Crippen LogP contribution < -0.4 is 10.3 Å². The van der Waals surface area contributed by atoms with E-state index in [1.807, 2.05) is 0 Å². The van der Waals surface area contributed by atoms with Crippen molar-refractivity contribution in [1.82, 2.24) is 5.43 Å². The molecule has 8 heteroatoms. The third-order valence-corrected chi connectivity index (χ3v) is 5.24. The van der Waals surface area contributed by atoms with Crippen LogP contribution in [0.2, 0.25) is 10.0 Å². The molecule has 1 heterocycles. The number of hydrazone groups is 1. The summed E-state index contributed by atoms with van der Waals surface area (Å²) in [4.78, 5) is 38.4. The standard InChI is InChI=1S/C22H13Cl2N3O3/c23-18-10-5-13(11-19(18)24)12-25-26-20(28)14-6-8-15(9-7-14)27-21(29)16-3-1-2-4-17(16)22(27)30/h1-12H,(H,26,28). The molecule has 148 valence electrons. The maximum atomic E-state index is 12.5. The van der Waals surface area contributed by atoms with Gasteiger partial charge in [-0.1, -0.05) is 41.4 Å². The highest BCUT2D eigenvalue weighted by Gasteiger charge is 2.36. The van der Waals surface area contributed by atoms with E-state index in [2.05, 4.69) is 10.5 Å². The van der Waals surface area contributed by atoms with Crippen molar-refractivity contribution in [3.8, 4) is 0 Å². The molecule has 3 aromatic rings. The van der Waals surface area contributed by atoms with Crippen LogP contribution in [0.25, 0.3) is 0 Å². The minimum Gasteiger partial charge on any atom is -0.268 e. The predicted octanol–water partition coefficient (Wildman–Crippen LogP) is 4.56.